The summed E-state index contributed by atoms with van der Waals surface area (Å²) < 4.78 is 11.9. The zero-order valence-electron chi connectivity index (χ0n) is 11.8. The second kappa shape index (κ2) is 5.90. The van der Waals surface area contributed by atoms with Gasteiger partial charge in [-0.1, -0.05) is 0 Å². The summed E-state index contributed by atoms with van der Waals surface area (Å²) in [4.78, 5) is 2.63. The molecule has 1 spiro atoms. The Morgan fingerprint density at radius 3 is 3.11 bits per heavy atom. The predicted octanol–water partition coefficient (Wildman–Crippen LogP) is 1.09. The molecule has 3 heterocycles. The van der Waals surface area contributed by atoms with Crippen molar-refractivity contribution in [3.63, 3.8) is 0 Å². The van der Waals surface area contributed by atoms with Crippen LogP contribution in [-0.4, -0.2) is 66.5 Å². The Bertz CT molecular complexity index is 310. The Kier molecular flexibility index (Phi) is 4.39. The van der Waals surface area contributed by atoms with Gasteiger partial charge in [0, 0.05) is 37.5 Å². The molecule has 0 bridgehead atoms. The zero-order valence-corrected chi connectivity index (χ0v) is 12.7. The van der Waals surface area contributed by atoms with Crippen molar-refractivity contribution in [2.45, 2.75) is 50.0 Å². The molecule has 3 rings (SSSR count). The van der Waals surface area contributed by atoms with Crippen LogP contribution in [0, 0.1) is 0 Å². The number of rotatable bonds is 2. The van der Waals surface area contributed by atoms with E-state index in [1.807, 2.05) is 11.8 Å². The Hall–Kier alpha value is 0.190. The Balaban J connectivity index is 1.66. The summed E-state index contributed by atoms with van der Waals surface area (Å²) in [6, 6.07) is 1.16. The maximum Gasteiger partial charge on any atom is 0.0824 e. The van der Waals surface area contributed by atoms with Gasteiger partial charge >= 0.3 is 0 Å². The molecule has 2 N–H and O–H groups in total. The minimum Gasteiger partial charge on any atom is -0.374 e. The Morgan fingerprint density at radius 1 is 1.47 bits per heavy atom. The molecule has 4 nitrogen and oxygen atoms in total. The van der Waals surface area contributed by atoms with Gasteiger partial charge in [-0.2, -0.15) is 11.8 Å². The molecule has 0 saturated carbocycles. The summed E-state index contributed by atoms with van der Waals surface area (Å²) in [5.41, 5.74) is 5.95. The average Bonchev–Trinajstić information content (AvgIpc) is 2.87. The van der Waals surface area contributed by atoms with E-state index in [0.717, 1.165) is 26.2 Å². The third kappa shape index (κ3) is 2.95. The van der Waals surface area contributed by atoms with Gasteiger partial charge in [0.05, 0.1) is 18.3 Å². The minimum absolute atomic E-state index is 0.170. The van der Waals surface area contributed by atoms with Crippen LogP contribution in [0.4, 0.5) is 0 Å². The van der Waals surface area contributed by atoms with Crippen molar-refractivity contribution in [1.82, 2.24) is 4.90 Å². The highest BCUT2D eigenvalue weighted by Crippen LogP contribution is 2.40. The van der Waals surface area contributed by atoms with Crippen LogP contribution in [-0.2, 0) is 9.47 Å². The minimum atomic E-state index is 0.170. The van der Waals surface area contributed by atoms with Crippen LogP contribution in [0.15, 0.2) is 0 Å². The number of nitrogens with zero attached hydrogens (tertiary/aromatic N) is 1. The van der Waals surface area contributed by atoms with Gasteiger partial charge in [-0.05, 0) is 31.9 Å². The van der Waals surface area contributed by atoms with E-state index in [-0.39, 0.29) is 11.7 Å². The molecule has 0 aromatic heterocycles. The third-order valence-electron chi connectivity index (χ3n) is 4.82. The molecule has 3 aliphatic rings. The molecule has 0 aliphatic carbocycles. The topological polar surface area (TPSA) is 47.7 Å². The van der Waals surface area contributed by atoms with Crippen molar-refractivity contribution >= 4 is 11.8 Å². The molecule has 0 amide bonds. The maximum absolute atomic E-state index is 6.13. The van der Waals surface area contributed by atoms with Crippen molar-refractivity contribution in [1.29, 1.82) is 0 Å². The van der Waals surface area contributed by atoms with Gasteiger partial charge < -0.3 is 15.2 Å². The molecule has 0 aromatic carbocycles. The van der Waals surface area contributed by atoms with Crippen molar-refractivity contribution in [2.75, 3.05) is 37.8 Å². The summed E-state index contributed by atoms with van der Waals surface area (Å²) in [5, 5.41) is 0. The van der Waals surface area contributed by atoms with E-state index < -0.39 is 0 Å². The molecule has 3 saturated heterocycles. The summed E-state index contributed by atoms with van der Waals surface area (Å²) in [6.45, 7) is 5.64. The van der Waals surface area contributed by atoms with Crippen molar-refractivity contribution in [3.8, 4) is 0 Å². The highest BCUT2D eigenvalue weighted by molar-refractivity contribution is 7.99. The van der Waals surface area contributed by atoms with Gasteiger partial charge in [0.15, 0.2) is 0 Å². The molecule has 3 fully saturated rings. The largest absolute Gasteiger partial charge is 0.374 e. The lowest BCUT2D eigenvalue weighted by molar-refractivity contribution is -0.125. The SMILES string of the molecule is CC1COC(CN)CN1C1CCOC2(CCSC2)C1. The lowest BCUT2D eigenvalue weighted by atomic mass is 9.88. The fourth-order valence-corrected chi connectivity index (χ4v) is 5.02. The van der Waals surface area contributed by atoms with Gasteiger partial charge in [-0.15, -0.1) is 0 Å². The third-order valence-corrected chi connectivity index (χ3v) is 6.04. The normalized spacial score (nSPS) is 44.8. The lowest BCUT2D eigenvalue weighted by Crippen LogP contribution is -2.58. The molecule has 5 heteroatoms. The average molecular weight is 286 g/mol. The number of hydrogen-bond donors (Lipinski definition) is 1. The zero-order chi connectivity index (χ0) is 13.3. The molecule has 4 atom stereocenters. The number of nitrogens with two attached hydrogens (primary N) is 1. The summed E-state index contributed by atoms with van der Waals surface area (Å²) in [5.74, 6) is 2.44. The highest BCUT2D eigenvalue weighted by Gasteiger charge is 2.43. The van der Waals surface area contributed by atoms with Crippen LogP contribution >= 0.6 is 11.8 Å². The monoisotopic (exact) mass is 286 g/mol. The fourth-order valence-electron chi connectivity index (χ4n) is 3.64. The molecular formula is C14H26N2O2S. The Morgan fingerprint density at radius 2 is 2.37 bits per heavy atom. The number of thioether (sulfide) groups is 1. The molecule has 0 aromatic rings. The van der Waals surface area contributed by atoms with Crippen LogP contribution in [0.1, 0.15) is 26.2 Å². The van der Waals surface area contributed by atoms with E-state index in [1.165, 1.54) is 24.3 Å². The van der Waals surface area contributed by atoms with Crippen molar-refractivity contribution in [2.24, 2.45) is 5.73 Å². The fraction of sp³-hybridized carbons (Fsp3) is 1.00. The van der Waals surface area contributed by atoms with Crippen LogP contribution in [0.25, 0.3) is 0 Å². The number of ether oxygens (including phenoxy) is 2. The van der Waals surface area contributed by atoms with Crippen molar-refractivity contribution in [3.05, 3.63) is 0 Å². The van der Waals surface area contributed by atoms with Crippen molar-refractivity contribution < 1.29 is 9.47 Å². The molecule has 4 unspecified atom stereocenters. The summed E-state index contributed by atoms with van der Waals surface area (Å²) in [7, 11) is 0. The van der Waals surface area contributed by atoms with E-state index in [1.54, 1.807) is 0 Å². The number of hydrogen-bond acceptors (Lipinski definition) is 5. The molecule has 110 valence electrons. The van der Waals surface area contributed by atoms with Crippen LogP contribution in [0.3, 0.4) is 0 Å². The van der Waals surface area contributed by atoms with E-state index in [9.17, 15) is 0 Å². The lowest BCUT2D eigenvalue weighted by Gasteiger charge is -2.47. The first-order valence-corrected chi connectivity index (χ1v) is 8.67. The van der Waals surface area contributed by atoms with Crippen LogP contribution in [0.5, 0.6) is 0 Å². The van der Waals surface area contributed by atoms with Gasteiger partial charge in [0.1, 0.15) is 0 Å². The van der Waals surface area contributed by atoms with E-state index >= 15 is 0 Å². The molecule has 0 radical (unpaired) electrons. The van der Waals surface area contributed by atoms with Gasteiger partial charge in [-0.3, -0.25) is 4.90 Å². The van der Waals surface area contributed by atoms with Gasteiger partial charge in [-0.25, -0.2) is 0 Å². The standard InChI is InChI=1S/C14H26N2O2S/c1-11-9-17-13(7-15)8-16(11)12-2-4-18-14(6-12)3-5-19-10-14/h11-13H,2-10,15H2,1H3. The molecular weight excluding hydrogens is 260 g/mol. The van der Waals surface area contributed by atoms with Gasteiger partial charge in [0.25, 0.3) is 0 Å². The first-order chi connectivity index (χ1) is 9.22. The first kappa shape index (κ1) is 14.1. The van der Waals surface area contributed by atoms with Gasteiger partial charge in [0.2, 0.25) is 0 Å². The smallest absolute Gasteiger partial charge is 0.0824 e. The second-order valence-corrected chi connectivity index (χ2v) is 7.32. The number of morpholine rings is 1. The molecule has 3 aliphatic heterocycles. The predicted molar refractivity (Wildman–Crippen MR) is 78.6 cm³/mol. The molecule has 19 heavy (non-hydrogen) atoms. The Labute approximate surface area is 120 Å². The van der Waals surface area contributed by atoms with Crippen LogP contribution < -0.4 is 5.73 Å². The first-order valence-electron chi connectivity index (χ1n) is 7.51. The second-order valence-electron chi connectivity index (χ2n) is 6.22. The summed E-state index contributed by atoms with van der Waals surface area (Å²) in [6.07, 6.45) is 3.80. The quantitative estimate of drug-likeness (QED) is 0.823. The maximum atomic E-state index is 6.13. The van der Waals surface area contributed by atoms with E-state index in [4.69, 9.17) is 15.2 Å². The van der Waals surface area contributed by atoms with E-state index in [2.05, 4.69) is 11.8 Å². The van der Waals surface area contributed by atoms with Crippen LogP contribution in [0.2, 0.25) is 0 Å². The highest BCUT2D eigenvalue weighted by atomic mass is 32.2. The van der Waals surface area contributed by atoms with E-state index in [0.29, 0.717) is 18.6 Å². The summed E-state index contributed by atoms with van der Waals surface area (Å²) >= 11 is 2.05.